The van der Waals surface area contributed by atoms with Gasteiger partial charge in [-0.1, -0.05) is 0 Å². The Labute approximate surface area is 114 Å². The average molecular weight is 271 g/mol. The molecule has 0 bridgehead atoms. The van der Waals surface area contributed by atoms with Crippen molar-refractivity contribution in [2.45, 2.75) is 57.8 Å². The van der Waals surface area contributed by atoms with Crippen LogP contribution in [0.25, 0.3) is 0 Å². The van der Waals surface area contributed by atoms with Gasteiger partial charge < -0.3 is 19.8 Å². The lowest BCUT2D eigenvalue weighted by molar-refractivity contribution is -0.0685. The highest BCUT2D eigenvalue weighted by molar-refractivity contribution is 5.68. The van der Waals surface area contributed by atoms with Crippen LogP contribution in [-0.4, -0.2) is 52.1 Å². The van der Waals surface area contributed by atoms with E-state index in [1.807, 2.05) is 20.8 Å². The van der Waals surface area contributed by atoms with Crippen molar-refractivity contribution in [2.24, 2.45) is 11.8 Å². The summed E-state index contributed by atoms with van der Waals surface area (Å²) in [5, 5.41) is 19.4. The number of carbonyl (C=O) groups excluding carboxylic acids is 1. The zero-order chi connectivity index (χ0) is 14.2. The molecular formula is C14H25NO4. The van der Waals surface area contributed by atoms with Crippen molar-refractivity contribution in [3.8, 4) is 0 Å². The summed E-state index contributed by atoms with van der Waals surface area (Å²) in [6.07, 6.45) is 0.577. The monoisotopic (exact) mass is 271 g/mol. The molecule has 1 amide bonds. The van der Waals surface area contributed by atoms with Crippen molar-refractivity contribution in [2.75, 3.05) is 13.1 Å². The second-order valence-electron chi connectivity index (χ2n) is 6.84. The van der Waals surface area contributed by atoms with Crippen molar-refractivity contribution in [1.29, 1.82) is 0 Å². The zero-order valence-corrected chi connectivity index (χ0v) is 12.0. The third kappa shape index (κ3) is 3.60. The predicted molar refractivity (Wildman–Crippen MR) is 70.7 cm³/mol. The van der Waals surface area contributed by atoms with Gasteiger partial charge in [-0.3, -0.25) is 0 Å². The maximum absolute atomic E-state index is 12.0. The SMILES string of the molecule is CC(C)(C)OC(=O)N1CC[C@H]2CC(O)C(O)C[C@H]2C1. The Morgan fingerprint density at radius 2 is 1.74 bits per heavy atom. The first-order chi connectivity index (χ1) is 8.76. The summed E-state index contributed by atoms with van der Waals surface area (Å²) in [5.74, 6) is 0.691. The molecule has 0 spiro atoms. The third-order valence-electron chi connectivity index (χ3n) is 4.08. The summed E-state index contributed by atoms with van der Waals surface area (Å²) >= 11 is 0. The first-order valence-corrected chi connectivity index (χ1v) is 7.10. The molecule has 5 nitrogen and oxygen atoms in total. The molecule has 110 valence electrons. The summed E-state index contributed by atoms with van der Waals surface area (Å²) in [5.41, 5.74) is -0.476. The quantitative estimate of drug-likeness (QED) is 0.698. The van der Waals surface area contributed by atoms with Crippen LogP contribution in [0, 0.1) is 11.8 Å². The number of ether oxygens (including phenoxy) is 1. The zero-order valence-electron chi connectivity index (χ0n) is 12.0. The van der Waals surface area contributed by atoms with Gasteiger partial charge in [0.1, 0.15) is 5.60 Å². The number of piperidine rings is 1. The number of likely N-dealkylation sites (tertiary alicyclic amines) is 1. The minimum atomic E-state index is -0.653. The van der Waals surface area contributed by atoms with Crippen LogP contribution in [0.1, 0.15) is 40.0 Å². The number of hydrogen-bond acceptors (Lipinski definition) is 4. The smallest absolute Gasteiger partial charge is 0.410 e. The molecule has 2 unspecified atom stereocenters. The fourth-order valence-corrected chi connectivity index (χ4v) is 3.08. The molecule has 0 radical (unpaired) electrons. The van der Waals surface area contributed by atoms with E-state index in [1.54, 1.807) is 4.90 Å². The molecule has 1 aliphatic carbocycles. The summed E-state index contributed by atoms with van der Waals surface area (Å²) in [6.45, 7) is 6.89. The van der Waals surface area contributed by atoms with Gasteiger partial charge in [0, 0.05) is 13.1 Å². The van der Waals surface area contributed by atoms with Gasteiger partial charge in [0.25, 0.3) is 0 Å². The van der Waals surface area contributed by atoms with E-state index in [-0.39, 0.29) is 12.0 Å². The first kappa shape index (κ1) is 14.6. The summed E-state index contributed by atoms with van der Waals surface area (Å²) < 4.78 is 5.38. The first-order valence-electron chi connectivity index (χ1n) is 7.10. The lowest BCUT2D eigenvalue weighted by atomic mass is 9.73. The van der Waals surface area contributed by atoms with Gasteiger partial charge in [0.05, 0.1) is 12.2 Å². The van der Waals surface area contributed by atoms with E-state index in [1.165, 1.54) is 0 Å². The van der Waals surface area contributed by atoms with Gasteiger partial charge in [-0.2, -0.15) is 0 Å². The van der Waals surface area contributed by atoms with Crippen molar-refractivity contribution in [3.63, 3.8) is 0 Å². The molecule has 2 rings (SSSR count). The van der Waals surface area contributed by atoms with Gasteiger partial charge >= 0.3 is 6.09 Å². The standard InChI is InChI=1S/C14H25NO4/c1-14(2,3)19-13(18)15-5-4-9-6-11(16)12(17)7-10(9)8-15/h9-12,16-17H,4-8H2,1-3H3/t9-,10-,11?,12?/m0/s1. The molecule has 1 saturated carbocycles. The number of hydrogen-bond donors (Lipinski definition) is 2. The second-order valence-corrected chi connectivity index (χ2v) is 6.84. The molecule has 1 aliphatic heterocycles. The molecule has 1 saturated heterocycles. The van der Waals surface area contributed by atoms with Crippen LogP contribution in [0.3, 0.4) is 0 Å². The highest BCUT2D eigenvalue weighted by Gasteiger charge is 2.40. The molecule has 5 heteroatoms. The Hall–Kier alpha value is -0.810. The van der Waals surface area contributed by atoms with Crippen LogP contribution in [0.5, 0.6) is 0 Å². The highest BCUT2D eigenvalue weighted by atomic mass is 16.6. The van der Waals surface area contributed by atoms with Crippen molar-refractivity contribution < 1.29 is 19.7 Å². The lowest BCUT2D eigenvalue weighted by Gasteiger charge is -2.44. The van der Waals surface area contributed by atoms with Gasteiger partial charge in [0.15, 0.2) is 0 Å². The Bertz CT molecular complexity index is 339. The minimum absolute atomic E-state index is 0.272. The lowest BCUT2D eigenvalue weighted by Crippen LogP contribution is -2.50. The van der Waals surface area contributed by atoms with Gasteiger partial charge in [-0.15, -0.1) is 0 Å². The largest absolute Gasteiger partial charge is 0.444 e. The fraction of sp³-hybridized carbons (Fsp3) is 0.929. The van der Waals surface area contributed by atoms with Crippen molar-refractivity contribution >= 4 is 6.09 Å². The molecule has 0 aromatic carbocycles. The van der Waals surface area contributed by atoms with Gasteiger partial charge in [-0.05, 0) is 51.9 Å². The van der Waals surface area contributed by atoms with E-state index in [4.69, 9.17) is 4.74 Å². The summed E-state index contributed by atoms with van der Waals surface area (Å²) in [4.78, 5) is 13.8. The maximum Gasteiger partial charge on any atom is 0.410 e. The van der Waals surface area contributed by atoms with Crippen LogP contribution in [0.15, 0.2) is 0 Å². The Morgan fingerprint density at radius 1 is 1.16 bits per heavy atom. The van der Waals surface area contributed by atoms with E-state index >= 15 is 0 Å². The molecule has 19 heavy (non-hydrogen) atoms. The number of rotatable bonds is 0. The van der Waals surface area contributed by atoms with Crippen LogP contribution in [0.2, 0.25) is 0 Å². The van der Waals surface area contributed by atoms with Crippen molar-refractivity contribution in [1.82, 2.24) is 4.90 Å². The molecule has 4 atom stereocenters. The van der Waals surface area contributed by atoms with E-state index in [0.717, 1.165) is 6.42 Å². The van der Waals surface area contributed by atoms with Gasteiger partial charge in [-0.25, -0.2) is 4.79 Å². The molecule has 0 aromatic heterocycles. The number of fused-ring (bicyclic) bond motifs is 1. The number of carbonyl (C=O) groups is 1. The summed E-state index contributed by atoms with van der Waals surface area (Å²) in [7, 11) is 0. The van der Waals surface area contributed by atoms with Crippen LogP contribution in [0.4, 0.5) is 4.79 Å². The summed E-state index contributed by atoms with van der Waals surface area (Å²) in [6, 6.07) is 0. The van der Waals surface area contributed by atoms with E-state index in [2.05, 4.69) is 0 Å². The Kier molecular flexibility index (Phi) is 4.06. The molecule has 0 aromatic rings. The minimum Gasteiger partial charge on any atom is -0.444 e. The maximum atomic E-state index is 12.0. The number of amides is 1. The number of aliphatic hydroxyl groups is 2. The fourth-order valence-electron chi connectivity index (χ4n) is 3.08. The van der Waals surface area contributed by atoms with E-state index in [9.17, 15) is 15.0 Å². The Balaban J connectivity index is 1.93. The molecule has 2 fully saturated rings. The van der Waals surface area contributed by atoms with Gasteiger partial charge in [0.2, 0.25) is 0 Å². The predicted octanol–water partition coefficient (Wildman–Crippen LogP) is 1.38. The number of aliphatic hydroxyl groups excluding tert-OH is 2. The Morgan fingerprint density at radius 3 is 2.32 bits per heavy atom. The van der Waals surface area contributed by atoms with Crippen LogP contribution in [-0.2, 0) is 4.74 Å². The molecular weight excluding hydrogens is 246 g/mol. The third-order valence-corrected chi connectivity index (χ3v) is 4.08. The average Bonchev–Trinajstić information content (AvgIpc) is 2.27. The highest BCUT2D eigenvalue weighted by Crippen LogP contribution is 2.36. The molecule has 1 heterocycles. The van der Waals surface area contributed by atoms with E-state index in [0.29, 0.717) is 31.8 Å². The van der Waals surface area contributed by atoms with Crippen molar-refractivity contribution in [3.05, 3.63) is 0 Å². The molecule has 2 N–H and O–H groups in total. The topological polar surface area (TPSA) is 70.0 Å². The van der Waals surface area contributed by atoms with Crippen LogP contribution >= 0.6 is 0 Å². The number of nitrogens with zero attached hydrogens (tertiary/aromatic N) is 1. The van der Waals surface area contributed by atoms with Crippen LogP contribution < -0.4 is 0 Å². The second kappa shape index (κ2) is 5.29. The van der Waals surface area contributed by atoms with E-state index < -0.39 is 17.8 Å². The normalized spacial score (nSPS) is 35.7. The molecule has 2 aliphatic rings.